The summed E-state index contributed by atoms with van der Waals surface area (Å²) in [5, 5.41) is 6.60. The number of fused-ring (bicyclic) bond motifs is 1. The first-order chi connectivity index (χ1) is 14.3. The first kappa shape index (κ1) is 19.8. The molecule has 0 bridgehead atoms. The van der Waals surface area contributed by atoms with Crippen molar-refractivity contribution in [3.63, 3.8) is 0 Å². The Morgan fingerprint density at radius 2 is 1.80 bits per heavy atom. The van der Waals surface area contributed by atoms with Crippen molar-refractivity contribution in [2.75, 3.05) is 0 Å². The molecule has 0 saturated heterocycles. The van der Waals surface area contributed by atoms with E-state index in [0.717, 1.165) is 5.56 Å². The van der Waals surface area contributed by atoms with E-state index in [0.29, 0.717) is 39.8 Å². The molecule has 0 fully saturated rings. The van der Waals surface area contributed by atoms with Crippen LogP contribution in [0.25, 0.3) is 22.2 Å². The Kier molecular flexibility index (Phi) is 5.07. The van der Waals surface area contributed by atoms with Gasteiger partial charge in [-0.3, -0.25) is 4.79 Å². The van der Waals surface area contributed by atoms with Gasteiger partial charge in [-0.15, -0.1) is 0 Å². The molecule has 1 amide bonds. The maximum atomic E-state index is 13.4. The molecule has 0 spiro atoms. The Morgan fingerprint density at radius 3 is 2.43 bits per heavy atom. The lowest BCUT2D eigenvalue weighted by Crippen LogP contribution is -2.26. The molecule has 1 N–H and O–H groups in total. The monoisotopic (exact) mass is 408 g/mol. The summed E-state index contributed by atoms with van der Waals surface area (Å²) in [6.07, 6.45) is 0. The van der Waals surface area contributed by atoms with Gasteiger partial charge in [0.25, 0.3) is 5.91 Å². The standard InChI is InChI=1S/C22H21FN4O3/c1-11(2)21-26-19-17(14-5-7-16(23)8-6-14)9-15(10-18(19)29-21)20(28)24-12(3)22-25-13(4)27-30-22/h5-12H,1-4H3,(H,24,28)/t12-/m1/s1. The summed E-state index contributed by atoms with van der Waals surface area (Å²) < 4.78 is 24.4. The lowest BCUT2D eigenvalue weighted by molar-refractivity contribution is 0.0932. The number of aromatic nitrogens is 3. The third-order valence-corrected chi connectivity index (χ3v) is 4.68. The maximum Gasteiger partial charge on any atom is 0.252 e. The van der Waals surface area contributed by atoms with Gasteiger partial charge < -0.3 is 14.3 Å². The molecule has 0 aliphatic heterocycles. The van der Waals surface area contributed by atoms with Crippen LogP contribution in [0.15, 0.2) is 45.3 Å². The summed E-state index contributed by atoms with van der Waals surface area (Å²) in [7, 11) is 0. The second-order valence-corrected chi connectivity index (χ2v) is 7.46. The van der Waals surface area contributed by atoms with E-state index in [1.165, 1.54) is 12.1 Å². The molecule has 2 aromatic heterocycles. The van der Waals surface area contributed by atoms with E-state index in [2.05, 4.69) is 20.4 Å². The fraction of sp³-hybridized carbons (Fsp3) is 0.273. The van der Waals surface area contributed by atoms with Gasteiger partial charge in [-0.05, 0) is 43.7 Å². The Hall–Kier alpha value is -3.55. The molecule has 154 valence electrons. The fourth-order valence-corrected chi connectivity index (χ4v) is 3.10. The first-order valence-corrected chi connectivity index (χ1v) is 9.63. The van der Waals surface area contributed by atoms with Crippen LogP contribution in [0.1, 0.15) is 60.7 Å². The van der Waals surface area contributed by atoms with Gasteiger partial charge in [0.2, 0.25) is 5.89 Å². The second kappa shape index (κ2) is 7.70. The molecule has 0 unspecified atom stereocenters. The summed E-state index contributed by atoms with van der Waals surface area (Å²) in [6.45, 7) is 7.42. The second-order valence-electron chi connectivity index (χ2n) is 7.46. The van der Waals surface area contributed by atoms with Crippen LogP contribution >= 0.6 is 0 Å². The lowest BCUT2D eigenvalue weighted by atomic mass is 10.0. The third-order valence-electron chi connectivity index (χ3n) is 4.68. The summed E-state index contributed by atoms with van der Waals surface area (Å²) >= 11 is 0. The van der Waals surface area contributed by atoms with E-state index < -0.39 is 6.04 Å². The molecular weight excluding hydrogens is 387 g/mol. The van der Waals surface area contributed by atoms with Crippen molar-refractivity contribution >= 4 is 17.0 Å². The summed E-state index contributed by atoms with van der Waals surface area (Å²) in [4.78, 5) is 21.7. The number of carbonyl (C=O) groups excluding carboxylic acids is 1. The summed E-state index contributed by atoms with van der Waals surface area (Å²) in [6, 6.07) is 8.96. The Balaban J connectivity index is 1.76. The van der Waals surface area contributed by atoms with Crippen molar-refractivity contribution in [2.45, 2.75) is 39.7 Å². The number of hydrogen-bond donors (Lipinski definition) is 1. The van der Waals surface area contributed by atoms with Crippen molar-refractivity contribution in [3.05, 3.63) is 65.4 Å². The van der Waals surface area contributed by atoms with Gasteiger partial charge in [-0.25, -0.2) is 9.37 Å². The molecule has 4 rings (SSSR count). The number of amides is 1. The predicted molar refractivity (Wildman–Crippen MR) is 108 cm³/mol. The largest absolute Gasteiger partial charge is 0.440 e. The average Bonchev–Trinajstić information content (AvgIpc) is 3.34. The highest BCUT2D eigenvalue weighted by Crippen LogP contribution is 2.32. The summed E-state index contributed by atoms with van der Waals surface area (Å²) in [5.74, 6) is 0.801. The van der Waals surface area contributed by atoms with Gasteiger partial charge in [0, 0.05) is 17.0 Å². The van der Waals surface area contributed by atoms with Crippen molar-refractivity contribution < 1.29 is 18.1 Å². The molecule has 30 heavy (non-hydrogen) atoms. The van der Waals surface area contributed by atoms with Crippen molar-refractivity contribution in [1.82, 2.24) is 20.4 Å². The zero-order valence-electron chi connectivity index (χ0n) is 17.1. The maximum absolute atomic E-state index is 13.4. The van der Waals surface area contributed by atoms with Crippen molar-refractivity contribution in [2.24, 2.45) is 0 Å². The van der Waals surface area contributed by atoms with Crippen LogP contribution in [0.4, 0.5) is 4.39 Å². The minimum absolute atomic E-state index is 0.0801. The van der Waals surface area contributed by atoms with Gasteiger partial charge in [-0.1, -0.05) is 31.1 Å². The van der Waals surface area contributed by atoms with Crippen LogP contribution in [-0.4, -0.2) is 21.0 Å². The average molecular weight is 408 g/mol. The van der Waals surface area contributed by atoms with E-state index in [4.69, 9.17) is 8.94 Å². The van der Waals surface area contributed by atoms with E-state index in [-0.39, 0.29) is 17.6 Å². The van der Waals surface area contributed by atoms with E-state index in [9.17, 15) is 9.18 Å². The molecule has 4 aromatic rings. The smallest absolute Gasteiger partial charge is 0.252 e. The number of carbonyl (C=O) groups is 1. The van der Waals surface area contributed by atoms with Crippen LogP contribution in [0.2, 0.25) is 0 Å². The zero-order chi connectivity index (χ0) is 21.4. The normalized spacial score (nSPS) is 12.5. The van der Waals surface area contributed by atoms with E-state index >= 15 is 0 Å². The number of nitrogens with one attached hydrogen (secondary N) is 1. The van der Waals surface area contributed by atoms with Crippen LogP contribution < -0.4 is 5.32 Å². The Labute approximate surface area is 172 Å². The van der Waals surface area contributed by atoms with Gasteiger partial charge in [0.15, 0.2) is 17.3 Å². The van der Waals surface area contributed by atoms with Gasteiger partial charge in [-0.2, -0.15) is 4.98 Å². The molecule has 2 heterocycles. The number of aryl methyl sites for hydroxylation is 1. The molecule has 2 aromatic carbocycles. The fourth-order valence-electron chi connectivity index (χ4n) is 3.10. The Morgan fingerprint density at radius 1 is 1.07 bits per heavy atom. The minimum atomic E-state index is -0.468. The van der Waals surface area contributed by atoms with Crippen molar-refractivity contribution in [3.8, 4) is 11.1 Å². The molecule has 0 aliphatic rings. The number of rotatable bonds is 5. The number of halogens is 1. The van der Waals surface area contributed by atoms with Gasteiger partial charge in [0.1, 0.15) is 17.4 Å². The summed E-state index contributed by atoms with van der Waals surface area (Å²) in [5.41, 5.74) is 2.93. The molecule has 1 atom stereocenters. The van der Waals surface area contributed by atoms with Crippen molar-refractivity contribution in [1.29, 1.82) is 0 Å². The topological polar surface area (TPSA) is 94.1 Å². The highest BCUT2D eigenvalue weighted by Gasteiger charge is 2.21. The molecular formula is C22H21FN4O3. The van der Waals surface area contributed by atoms with Crippen LogP contribution in [-0.2, 0) is 0 Å². The minimum Gasteiger partial charge on any atom is -0.440 e. The Bertz CT molecular complexity index is 1210. The van der Waals surface area contributed by atoms with Gasteiger partial charge in [0.05, 0.1) is 0 Å². The number of nitrogens with zero attached hydrogens (tertiary/aromatic N) is 3. The van der Waals surface area contributed by atoms with E-state index in [1.54, 1.807) is 38.1 Å². The number of hydrogen-bond acceptors (Lipinski definition) is 6. The molecule has 0 saturated carbocycles. The zero-order valence-corrected chi connectivity index (χ0v) is 17.1. The molecule has 8 heteroatoms. The molecule has 0 radical (unpaired) electrons. The predicted octanol–water partition coefficient (Wildman–Crippen LogP) is 4.94. The van der Waals surface area contributed by atoms with Crippen LogP contribution in [0.5, 0.6) is 0 Å². The number of benzene rings is 2. The van der Waals surface area contributed by atoms with Crippen LogP contribution in [0, 0.1) is 12.7 Å². The quantitative estimate of drug-likeness (QED) is 0.503. The van der Waals surface area contributed by atoms with E-state index in [1.807, 2.05) is 13.8 Å². The number of oxazole rings is 1. The lowest BCUT2D eigenvalue weighted by Gasteiger charge is -2.11. The van der Waals surface area contributed by atoms with Crippen LogP contribution in [0.3, 0.4) is 0 Å². The highest BCUT2D eigenvalue weighted by atomic mass is 19.1. The molecule has 7 nitrogen and oxygen atoms in total. The molecule has 0 aliphatic carbocycles. The first-order valence-electron chi connectivity index (χ1n) is 9.63. The SMILES string of the molecule is Cc1noc([C@@H](C)NC(=O)c2cc(-c3ccc(F)cc3)c3nc(C(C)C)oc3c2)n1. The third kappa shape index (κ3) is 3.80. The van der Waals surface area contributed by atoms with Gasteiger partial charge >= 0.3 is 0 Å². The highest BCUT2D eigenvalue weighted by molar-refractivity contribution is 6.02.